The number of benzene rings is 2. The summed E-state index contributed by atoms with van der Waals surface area (Å²) < 4.78 is 45.7. The number of unbranched alkanes of at least 4 members (excludes halogenated alkanes) is 1. The molecule has 2 heterocycles. The Morgan fingerprint density at radius 1 is 1.02 bits per heavy atom. The number of hydrogen-bond donors (Lipinski definition) is 2. The fourth-order valence-corrected chi connectivity index (χ4v) is 5.87. The van der Waals surface area contributed by atoms with E-state index < -0.39 is 54.4 Å². The molecule has 0 saturated carbocycles. The van der Waals surface area contributed by atoms with E-state index in [2.05, 4.69) is 0 Å². The molecule has 2 aliphatic rings. The number of aliphatic carboxylic acids is 1. The van der Waals surface area contributed by atoms with Crippen molar-refractivity contribution in [2.45, 2.75) is 64.0 Å². The predicted molar refractivity (Wildman–Crippen MR) is 153 cm³/mol. The van der Waals surface area contributed by atoms with Crippen LogP contribution in [0.15, 0.2) is 48.5 Å². The number of amides is 3. The van der Waals surface area contributed by atoms with Crippen LogP contribution < -0.4 is 5.73 Å². The van der Waals surface area contributed by atoms with Gasteiger partial charge in [0.15, 0.2) is 0 Å². The minimum atomic E-state index is -4.57. The minimum Gasteiger partial charge on any atom is -0.481 e. The Morgan fingerprint density at radius 3 is 2.41 bits per heavy atom. The maximum atomic E-state index is 14.0. The highest BCUT2D eigenvalue weighted by Gasteiger charge is 2.51. The highest BCUT2D eigenvalue weighted by Crippen LogP contribution is 2.33. The molecule has 0 aliphatic carbocycles. The van der Waals surface area contributed by atoms with Crippen LogP contribution in [0.25, 0.3) is 0 Å². The lowest BCUT2D eigenvalue weighted by atomic mass is 9.90. The first kappa shape index (κ1) is 32.8. The van der Waals surface area contributed by atoms with E-state index in [9.17, 15) is 37.5 Å². The zero-order valence-electron chi connectivity index (χ0n) is 24.5. The third-order valence-electron chi connectivity index (χ3n) is 7.93. The number of carbonyl (C=O) groups excluding carboxylic acids is 3. The zero-order valence-corrected chi connectivity index (χ0v) is 24.5. The Bertz CT molecular complexity index is 1360. The lowest BCUT2D eigenvalue weighted by Gasteiger charge is -2.53. The molecule has 238 valence electrons. The number of ether oxygens (including phenoxy) is 1. The van der Waals surface area contributed by atoms with Crippen molar-refractivity contribution in [2.75, 3.05) is 26.2 Å². The lowest BCUT2D eigenvalue weighted by molar-refractivity contribution is -0.173. The molecule has 3 amide bonds. The molecule has 2 aromatic carbocycles. The molecule has 2 aromatic rings. The second-order valence-corrected chi connectivity index (χ2v) is 11.3. The monoisotopic (exact) mass is 618 g/mol. The van der Waals surface area contributed by atoms with Crippen LogP contribution in [0, 0.1) is 12.8 Å². The van der Waals surface area contributed by atoms with Gasteiger partial charge in [-0.25, -0.2) is 4.79 Å². The first-order valence-electron chi connectivity index (χ1n) is 14.6. The van der Waals surface area contributed by atoms with Gasteiger partial charge in [0.05, 0.1) is 24.4 Å². The van der Waals surface area contributed by atoms with Gasteiger partial charge in [0.2, 0.25) is 11.8 Å². The maximum absolute atomic E-state index is 14.0. The highest BCUT2D eigenvalue weighted by atomic mass is 19.4. The maximum Gasteiger partial charge on any atom is 0.416 e. The summed E-state index contributed by atoms with van der Waals surface area (Å²) in [5.41, 5.74) is 6.16. The molecule has 0 aromatic heterocycles. The van der Waals surface area contributed by atoms with Gasteiger partial charge >= 0.3 is 18.2 Å². The molecule has 44 heavy (non-hydrogen) atoms. The van der Waals surface area contributed by atoms with Gasteiger partial charge in [0.1, 0.15) is 18.8 Å². The van der Waals surface area contributed by atoms with Gasteiger partial charge in [-0.3, -0.25) is 19.3 Å². The molecule has 2 saturated heterocycles. The number of halogens is 3. The quantitative estimate of drug-likeness (QED) is 0.366. The second-order valence-electron chi connectivity index (χ2n) is 11.3. The number of alkyl halides is 3. The largest absolute Gasteiger partial charge is 0.481 e. The molecular formula is C31H37F3N4O6. The van der Waals surface area contributed by atoms with Crippen LogP contribution in [0.3, 0.4) is 0 Å². The summed E-state index contributed by atoms with van der Waals surface area (Å²) in [4.78, 5) is 56.7. The van der Waals surface area contributed by atoms with Crippen molar-refractivity contribution >= 4 is 23.9 Å². The molecule has 0 bridgehead atoms. The molecule has 3 atom stereocenters. The van der Waals surface area contributed by atoms with Crippen LogP contribution in [0.4, 0.5) is 18.0 Å². The topological polar surface area (TPSA) is 133 Å². The number of rotatable bonds is 11. The molecule has 3 N–H and O–H groups in total. The van der Waals surface area contributed by atoms with Crippen LogP contribution in [-0.2, 0) is 38.3 Å². The Hall–Kier alpha value is -4.13. The van der Waals surface area contributed by atoms with Gasteiger partial charge in [0.25, 0.3) is 0 Å². The number of carboxylic acid groups (broad SMARTS) is 1. The van der Waals surface area contributed by atoms with Crippen molar-refractivity contribution in [2.24, 2.45) is 11.7 Å². The molecular weight excluding hydrogens is 581 g/mol. The van der Waals surface area contributed by atoms with E-state index in [1.54, 1.807) is 0 Å². The number of fused-ring (bicyclic) bond motifs is 1. The summed E-state index contributed by atoms with van der Waals surface area (Å²) in [6.45, 7) is 1.17. The molecule has 2 fully saturated rings. The van der Waals surface area contributed by atoms with Crippen molar-refractivity contribution in [1.82, 2.24) is 14.7 Å². The van der Waals surface area contributed by atoms with E-state index in [0.29, 0.717) is 24.9 Å². The van der Waals surface area contributed by atoms with E-state index in [-0.39, 0.29) is 50.4 Å². The molecule has 10 nitrogen and oxygen atoms in total. The first-order valence-corrected chi connectivity index (χ1v) is 14.6. The van der Waals surface area contributed by atoms with Gasteiger partial charge in [-0.05, 0) is 62.4 Å². The van der Waals surface area contributed by atoms with Gasteiger partial charge in [-0.2, -0.15) is 13.2 Å². The van der Waals surface area contributed by atoms with E-state index in [1.807, 2.05) is 30.3 Å². The molecule has 0 unspecified atom stereocenters. The summed E-state index contributed by atoms with van der Waals surface area (Å²) in [6.07, 6.45) is -5.01. The summed E-state index contributed by atoms with van der Waals surface area (Å²) in [7, 11) is 0. The smallest absolute Gasteiger partial charge is 0.416 e. The standard InChI is InChI=1S/C31H37F3N4O6/c1-20-13-22(16-24(14-20)31(32,33)34)19-44-30(43)37-17-23(15-21-7-3-2-4-8-21)28(41)38-25(9-5-6-11-35)29(42)36(18-26(37)38)12-10-27(39)40/h2-4,7-8,13-14,16,23,25-26H,5-6,9-12,15,17-19,35H2,1H3,(H,39,40)/t23-,25+,26-/m1/s1. The molecule has 4 rings (SSSR count). The number of hydrogen-bond acceptors (Lipinski definition) is 6. The second kappa shape index (κ2) is 14.1. The van der Waals surface area contributed by atoms with E-state index in [4.69, 9.17) is 10.5 Å². The Balaban J connectivity index is 1.65. The van der Waals surface area contributed by atoms with Crippen LogP contribution in [0.2, 0.25) is 0 Å². The number of carbonyl (C=O) groups is 4. The number of aryl methyl sites for hydroxylation is 1. The fourth-order valence-electron chi connectivity index (χ4n) is 5.87. The first-order chi connectivity index (χ1) is 20.9. The van der Waals surface area contributed by atoms with Gasteiger partial charge in [-0.1, -0.05) is 42.0 Å². The van der Waals surface area contributed by atoms with Crippen LogP contribution in [0.5, 0.6) is 0 Å². The Labute approximate surface area is 253 Å². The van der Waals surface area contributed by atoms with Crippen molar-refractivity contribution in [3.05, 3.63) is 70.8 Å². The minimum absolute atomic E-state index is 0.0498. The molecule has 2 aliphatic heterocycles. The molecule has 0 radical (unpaired) electrons. The molecule has 0 spiro atoms. The average molecular weight is 619 g/mol. The van der Waals surface area contributed by atoms with Crippen LogP contribution >= 0.6 is 0 Å². The van der Waals surface area contributed by atoms with Gasteiger partial charge in [-0.15, -0.1) is 0 Å². The Morgan fingerprint density at radius 2 is 1.75 bits per heavy atom. The van der Waals surface area contributed by atoms with Crippen molar-refractivity contribution < 1.29 is 42.2 Å². The van der Waals surface area contributed by atoms with Crippen LogP contribution in [0.1, 0.15) is 47.9 Å². The predicted octanol–water partition coefficient (Wildman–Crippen LogP) is 3.79. The summed E-state index contributed by atoms with van der Waals surface area (Å²) >= 11 is 0. The number of piperazine rings is 1. The fraction of sp³-hybridized carbons (Fsp3) is 0.484. The third kappa shape index (κ3) is 7.87. The van der Waals surface area contributed by atoms with Crippen molar-refractivity contribution in [3.8, 4) is 0 Å². The third-order valence-corrected chi connectivity index (χ3v) is 7.93. The lowest BCUT2D eigenvalue weighted by Crippen LogP contribution is -2.73. The number of carboxylic acids is 1. The average Bonchev–Trinajstić information content (AvgIpc) is 2.97. The normalized spacial score (nSPS) is 20.5. The Kier molecular flexibility index (Phi) is 10.5. The number of nitrogens with two attached hydrogens (primary N) is 1. The zero-order chi connectivity index (χ0) is 32.0. The van der Waals surface area contributed by atoms with Crippen molar-refractivity contribution in [3.63, 3.8) is 0 Å². The number of nitrogens with zero attached hydrogens (tertiary/aromatic N) is 3. The van der Waals surface area contributed by atoms with E-state index in [0.717, 1.165) is 17.7 Å². The van der Waals surface area contributed by atoms with E-state index in [1.165, 1.54) is 27.7 Å². The van der Waals surface area contributed by atoms with Crippen molar-refractivity contribution in [1.29, 1.82) is 0 Å². The van der Waals surface area contributed by atoms with E-state index >= 15 is 0 Å². The summed E-state index contributed by atoms with van der Waals surface area (Å²) in [5, 5.41) is 9.26. The SMILES string of the molecule is Cc1cc(COC(=O)N2C[C@@H](Cc3ccccc3)C(=O)N3[C@@H]2CN(CCC(=O)O)C(=O)[C@@H]3CCCCN)cc(C(F)(F)F)c1. The highest BCUT2D eigenvalue weighted by molar-refractivity contribution is 5.92. The summed E-state index contributed by atoms with van der Waals surface area (Å²) in [6, 6.07) is 11.7. The van der Waals surface area contributed by atoms with Gasteiger partial charge < -0.3 is 25.4 Å². The van der Waals surface area contributed by atoms with Gasteiger partial charge in [0, 0.05) is 13.1 Å². The summed E-state index contributed by atoms with van der Waals surface area (Å²) in [5.74, 6) is -2.52. The molecule has 13 heteroatoms. The van der Waals surface area contributed by atoms with Crippen LogP contribution in [-0.4, -0.2) is 82.1 Å².